The molecule has 0 unspecified atom stereocenters. The molecule has 1 fully saturated rings. The second-order valence-electron chi connectivity index (χ2n) is 6.45. The summed E-state index contributed by atoms with van der Waals surface area (Å²) in [6.45, 7) is -1.69. The van der Waals surface area contributed by atoms with Crippen LogP contribution in [-0.4, -0.2) is 50.2 Å². The molecule has 1 aliphatic rings. The van der Waals surface area contributed by atoms with E-state index >= 15 is 0 Å². The number of nitrogens with zero attached hydrogens (tertiary/aromatic N) is 4. The van der Waals surface area contributed by atoms with Crippen LogP contribution in [0.5, 0.6) is 0 Å². The minimum atomic E-state index is -4.98. The van der Waals surface area contributed by atoms with E-state index in [1.54, 1.807) is 30.0 Å². The zero-order valence-electron chi connectivity index (χ0n) is 16.6. The third-order valence-electron chi connectivity index (χ3n) is 4.29. The lowest BCUT2D eigenvalue weighted by Crippen LogP contribution is -2.44. The van der Waals surface area contributed by atoms with E-state index in [-0.39, 0.29) is 17.6 Å². The lowest BCUT2D eigenvalue weighted by atomic mass is 9.91. The third kappa shape index (κ3) is 5.49. The Bertz CT molecular complexity index is 851. The number of alkyl halides is 3. The van der Waals surface area contributed by atoms with Crippen LogP contribution in [-0.2, 0) is 0 Å². The maximum absolute atomic E-state index is 12.7. The van der Waals surface area contributed by atoms with Crippen LogP contribution >= 0.6 is 0 Å². The van der Waals surface area contributed by atoms with Crippen molar-refractivity contribution in [1.29, 1.82) is 0 Å². The highest BCUT2D eigenvalue weighted by Crippen LogP contribution is 2.21. The van der Waals surface area contributed by atoms with Crippen molar-refractivity contribution >= 4 is 5.91 Å². The Kier molecular flexibility index (Phi) is 4.96. The van der Waals surface area contributed by atoms with Gasteiger partial charge in [0.2, 0.25) is 5.95 Å². The summed E-state index contributed by atoms with van der Waals surface area (Å²) in [5, 5.41) is 4.89. The summed E-state index contributed by atoms with van der Waals surface area (Å²) in [6, 6.07) is 0.735. The zero-order chi connectivity index (χ0) is 21.2. The van der Waals surface area contributed by atoms with Crippen molar-refractivity contribution in [3.05, 3.63) is 36.2 Å². The number of amides is 1. The normalized spacial score (nSPS) is 22.1. The number of rotatable bonds is 5. The van der Waals surface area contributed by atoms with Crippen LogP contribution in [0.15, 0.2) is 24.8 Å². The van der Waals surface area contributed by atoms with Gasteiger partial charge in [0.15, 0.2) is 0 Å². The number of aryl methyl sites for hydroxylation is 1. The van der Waals surface area contributed by atoms with Crippen LogP contribution in [0, 0.1) is 6.92 Å². The molecule has 0 aromatic carbocycles. The highest BCUT2D eigenvalue weighted by Gasteiger charge is 2.30. The second kappa shape index (κ2) is 8.03. The van der Waals surface area contributed by atoms with Crippen LogP contribution in [0.25, 0.3) is 5.95 Å². The van der Waals surface area contributed by atoms with E-state index in [0.717, 1.165) is 0 Å². The first-order valence-corrected chi connectivity index (χ1v) is 8.54. The van der Waals surface area contributed by atoms with Crippen LogP contribution < -0.4 is 10.6 Å². The molecule has 2 aromatic heterocycles. The van der Waals surface area contributed by atoms with Crippen molar-refractivity contribution in [2.24, 2.45) is 0 Å². The molecule has 2 N–H and O–H groups in total. The van der Waals surface area contributed by atoms with Crippen molar-refractivity contribution in [2.45, 2.75) is 50.9 Å². The highest BCUT2D eigenvalue weighted by molar-refractivity contribution is 5.92. The van der Waals surface area contributed by atoms with Crippen molar-refractivity contribution in [3.63, 3.8) is 0 Å². The van der Waals surface area contributed by atoms with Gasteiger partial charge in [-0.25, -0.2) is 15.0 Å². The molecular formula is C17H21F3N6O. The van der Waals surface area contributed by atoms with Crippen molar-refractivity contribution in [3.8, 4) is 5.95 Å². The van der Waals surface area contributed by atoms with Gasteiger partial charge in [0.05, 0.1) is 9.24 Å². The number of hydrogen-bond acceptors (Lipinski definition) is 5. The summed E-state index contributed by atoms with van der Waals surface area (Å²) < 4.78 is 53.9. The number of hydrogen-bond donors (Lipinski definition) is 2. The molecule has 1 aliphatic carbocycles. The number of halogens is 3. The lowest BCUT2D eigenvalue weighted by molar-refractivity contribution is -0.126. The Morgan fingerprint density at radius 1 is 1.30 bits per heavy atom. The summed E-state index contributed by atoms with van der Waals surface area (Å²) in [5.74, 6) is -0.0752. The predicted octanol–water partition coefficient (Wildman–Crippen LogP) is 2.16. The molecule has 0 bridgehead atoms. The second-order valence-corrected chi connectivity index (χ2v) is 6.45. The molecule has 0 atom stereocenters. The van der Waals surface area contributed by atoms with Gasteiger partial charge in [-0.1, -0.05) is 0 Å². The summed E-state index contributed by atoms with van der Waals surface area (Å²) in [4.78, 5) is 25.0. The van der Waals surface area contributed by atoms with Crippen LogP contribution in [0.2, 0.25) is 0 Å². The topological polar surface area (TPSA) is 84.7 Å². The first-order chi connectivity index (χ1) is 13.5. The lowest BCUT2D eigenvalue weighted by Gasteiger charge is -2.30. The summed E-state index contributed by atoms with van der Waals surface area (Å²) in [5.41, 5.74) is 0.797. The molecule has 1 saturated carbocycles. The molecule has 7 nitrogen and oxygen atoms in total. The molecule has 10 heteroatoms. The quantitative estimate of drug-likeness (QED) is 0.825. The minimum Gasteiger partial charge on any atom is -0.348 e. The highest BCUT2D eigenvalue weighted by atomic mass is 19.4. The Morgan fingerprint density at radius 3 is 2.63 bits per heavy atom. The Hall–Kier alpha value is -2.49. The molecule has 0 saturated heterocycles. The van der Waals surface area contributed by atoms with E-state index in [0.29, 0.717) is 37.3 Å². The first-order valence-electron chi connectivity index (χ1n) is 9.54. The SMILES string of the molecule is [2H]C([2H])(NC1CCC(NC(=O)c2cc(C)nc(-n3ccnc3)n2)CC1)C(F)(F)F. The van der Waals surface area contributed by atoms with Crippen LogP contribution in [0.1, 0.15) is 44.6 Å². The van der Waals surface area contributed by atoms with Gasteiger partial charge in [0, 0.05) is 30.2 Å². The number of imidazole rings is 1. The maximum Gasteiger partial charge on any atom is 0.401 e. The van der Waals surface area contributed by atoms with Gasteiger partial charge >= 0.3 is 6.18 Å². The predicted molar refractivity (Wildman–Crippen MR) is 91.5 cm³/mol. The van der Waals surface area contributed by atoms with E-state index in [4.69, 9.17) is 2.74 Å². The van der Waals surface area contributed by atoms with Gasteiger partial charge in [-0.15, -0.1) is 0 Å². The Labute approximate surface area is 157 Å². The van der Waals surface area contributed by atoms with Gasteiger partial charge in [0.1, 0.15) is 12.0 Å². The molecule has 0 spiro atoms. The van der Waals surface area contributed by atoms with E-state index in [9.17, 15) is 18.0 Å². The van der Waals surface area contributed by atoms with Gasteiger partial charge in [0.25, 0.3) is 5.91 Å². The fourth-order valence-electron chi connectivity index (χ4n) is 2.99. The average Bonchev–Trinajstić information content (AvgIpc) is 3.16. The Morgan fingerprint density at radius 2 is 2.00 bits per heavy atom. The zero-order valence-corrected chi connectivity index (χ0v) is 14.6. The van der Waals surface area contributed by atoms with Gasteiger partial charge in [-0.2, -0.15) is 13.2 Å². The van der Waals surface area contributed by atoms with E-state index in [2.05, 4.69) is 20.3 Å². The fraction of sp³-hybridized carbons (Fsp3) is 0.529. The molecule has 0 radical (unpaired) electrons. The van der Waals surface area contributed by atoms with E-state index in [1.165, 1.54) is 6.33 Å². The third-order valence-corrected chi connectivity index (χ3v) is 4.29. The average molecular weight is 384 g/mol. The van der Waals surface area contributed by atoms with E-state index in [1.807, 2.05) is 5.32 Å². The van der Waals surface area contributed by atoms with Crippen LogP contribution in [0.3, 0.4) is 0 Å². The minimum absolute atomic E-state index is 0.190. The smallest absolute Gasteiger partial charge is 0.348 e. The number of nitrogens with one attached hydrogen (secondary N) is 2. The molecule has 2 heterocycles. The number of aromatic nitrogens is 4. The molecule has 27 heavy (non-hydrogen) atoms. The fourth-order valence-corrected chi connectivity index (χ4v) is 2.99. The van der Waals surface area contributed by atoms with Gasteiger partial charge in [-0.3, -0.25) is 9.36 Å². The monoisotopic (exact) mass is 384 g/mol. The van der Waals surface area contributed by atoms with Crippen molar-refractivity contribution < 1.29 is 20.7 Å². The van der Waals surface area contributed by atoms with Crippen molar-refractivity contribution in [1.82, 2.24) is 30.2 Å². The summed E-state index contributed by atoms with van der Waals surface area (Å²) >= 11 is 0. The molecule has 2 aromatic rings. The van der Waals surface area contributed by atoms with Gasteiger partial charge in [-0.05, 0) is 38.7 Å². The first kappa shape index (κ1) is 16.7. The summed E-state index contributed by atoms with van der Waals surface area (Å²) in [7, 11) is 0. The maximum atomic E-state index is 12.7. The number of carbonyl (C=O) groups excluding carboxylic acids is 1. The van der Waals surface area contributed by atoms with Crippen LogP contribution in [0.4, 0.5) is 13.2 Å². The van der Waals surface area contributed by atoms with Gasteiger partial charge < -0.3 is 10.6 Å². The van der Waals surface area contributed by atoms with E-state index < -0.39 is 18.7 Å². The Balaban J connectivity index is 1.58. The molecular weight excluding hydrogens is 361 g/mol. The standard InChI is InChI=1S/C17H21F3N6O/c1-11-8-14(25-16(23-11)26-7-6-21-10-26)15(27)24-13-4-2-12(3-5-13)22-9-17(18,19)20/h6-8,10,12-13,22H,2-5,9H2,1H3,(H,24,27)/i9D2. The summed E-state index contributed by atoms with van der Waals surface area (Å²) in [6.07, 6.45) is 1.29. The molecule has 0 aliphatic heterocycles. The molecule has 1 amide bonds. The van der Waals surface area contributed by atoms with Crippen molar-refractivity contribution in [2.75, 3.05) is 6.50 Å². The number of carbonyl (C=O) groups is 1. The molecule has 146 valence electrons. The largest absolute Gasteiger partial charge is 0.401 e. The molecule has 3 rings (SSSR count).